The van der Waals surface area contributed by atoms with E-state index in [9.17, 15) is 0 Å². The highest BCUT2D eigenvalue weighted by Gasteiger charge is 2.14. The number of rotatable bonds is 7. The van der Waals surface area contributed by atoms with E-state index in [0.717, 1.165) is 25.9 Å². The Hall–Kier alpha value is -1.17. The van der Waals surface area contributed by atoms with Crippen molar-refractivity contribution in [3.05, 3.63) is 18.2 Å². The summed E-state index contributed by atoms with van der Waals surface area (Å²) in [5.41, 5.74) is 0. The molecule has 1 N–H and O–H groups in total. The van der Waals surface area contributed by atoms with Crippen LogP contribution in [0.1, 0.15) is 12.8 Å². The van der Waals surface area contributed by atoms with E-state index < -0.39 is 0 Å². The molecule has 0 aliphatic carbocycles. The van der Waals surface area contributed by atoms with Crippen molar-refractivity contribution in [2.75, 3.05) is 40.5 Å². The van der Waals surface area contributed by atoms with Crippen LogP contribution in [-0.2, 0) is 4.74 Å². The molecule has 21 heavy (non-hydrogen) atoms. The van der Waals surface area contributed by atoms with E-state index in [0.29, 0.717) is 36.6 Å². The number of hydrogen-bond acceptors (Lipinski definition) is 5. The van der Waals surface area contributed by atoms with Crippen LogP contribution >= 0.6 is 12.4 Å². The van der Waals surface area contributed by atoms with Gasteiger partial charge in [-0.15, -0.1) is 12.4 Å². The largest absolute Gasteiger partial charge is 0.493 e. The molecular weight excluding hydrogens is 294 g/mol. The van der Waals surface area contributed by atoms with Gasteiger partial charge >= 0.3 is 0 Å². The van der Waals surface area contributed by atoms with Crippen LogP contribution in [0.5, 0.6) is 17.2 Å². The highest BCUT2D eigenvalue weighted by Crippen LogP contribution is 2.36. The van der Waals surface area contributed by atoms with Crippen molar-refractivity contribution < 1.29 is 18.9 Å². The van der Waals surface area contributed by atoms with Crippen LogP contribution in [0.4, 0.5) is 0 Å². The molecule has 0 saturated carbocycles. The van der Waals surface area contributed by atoms with Crippen molar-refractivity contribution in [1.29, 1.82) is 0 Å². The van der Waals surface area contributed by atoms with Crippen LogP contribution in [0.25, 0.3) is 0 Å². The third-order valence-electron chi connectivity index (χ3n) is 3.35. The fourth-order valence-electron chi connectivity index (χ4n) is 2.28. The summed E-state index contributed by atoms with van der Waals surface area (Å²) in [6.45, 7) is 3.13. The van der Waals surface area contributed by atoms with E-state index in [2.05, 4.69) is 5.32 Å². The lowest BCUT2D eigenvalue weighted by molar-refractivity contribution is 0.0161. The maximum absolute atomic E-state index is 5.81. The van der Waals surface area contributed by atoms with E-state index >= 15 is 0 Å². The van der Waals surface area contributed by atoms with Gasteiger partial charge in [-0.25, -0.2) is 0 Å². The molecule has 0 spiro atoms. The Bertz CT molecular complexity index is 388. The van der Waals surface area contributed by atoms with Crippen molar-refractivity contribution in [3.8, 4) is 17.2 Å². The molecule has 1 aromatic rings. The molecule has 1 aliphatic rings. The van der Waals surface area contributed by atoms with E-state index in [1.165, 1.54) is 0 Å². The van der Waals surface area contributed by atoms with E-state index in [4.69, 9.17) is 18.9 Å². The predicted octanol–water partition coefficient (Wildman–Crippen LogP) is 2.27. The molecule has 1 aliphatic heterocycles. The molecule has 5 nitrogen and oxygen atoms in total. The SMILES string of the molecule is COc1cccc(OC)c1OCCOC1CCNCC1.Cl. The second-order valence-corrected chi connectivity index (χ2v) is 4.66. The molecular formula is C15H24ClNO4. The van der Waals surface area contributed by atoms with Gasteiger partial charge in [0.15, 0.2) is 11.5 Å². The van der Waals surface area contributed by atoms with Gasteiger partial charge in [0.25, 0.3) is 0 Å². The van der Waals surface area contributed by atoms with Gasteiger partial charge in [-0.1, -0.05) is 6.07 Å². The predicted molar refractivity (Wildman–Crippen MR) is 84.1 cm³/mol. The normalized spacial score (nSPS) is 15.1. The van der Waals surface area contributed by atoms with Crippen molar-refractivity contribution in [2.45, 2.75) is 18.9 Å². The first kappa shape index (κ1) is 17.9. The van der Waals surface area contributed by atoms with Crippen LogP contribution in [0, 0.1) is 0 Å². The number of methoxy groups -OCH3 is 2. The Balaban J connectivity index is 0.00000220. The molecule has 6 heteroatoms. The van der Waals surface area contributed by atoms with Crippen LogP contribution in [0.2, 0.25) is 0 Å². The summed E-state index contributed by atoms with van der Waals surface area (Å²) >= 11 is 0. The van der Waals surface area contributed by atoms with Crippen LogP contribution in [0.15, 0.2) is 18.2 Å². The molecule has 0 amide bonds. The van der Waals surface area contributed by atoms with Gasteiger partial charge in [-0.05, 0) is 38.1 Å². The molecule has 0 radical (unpaired) electrons. The van der Waals surface area contributed by atoms with E-state index in [1.807, 2.05) is 18.2 Å². The fraction of sp³-hybridized carbons (Fsp3) is 0.600. The molecule has 1 heterocycles. The average Bonchev–Trinajstić information content (AvgIpc) is 2.52. The molecule has 0 bridgehead atoms. The lowest BCUT2D eigenvalue weighted by Gasteiger charge is -2.23. The quantitative estimate of drug-likeness (QED) is 0.782. The zero-order valence-electron chi connectivity index (χ0n) is 12.6. The minimum atomic E-state index is 0. The summed E-state index contributed by atoms with van der Waals surface area (Å²) in [6.07, 6.45) is 2.48. The van der Waals surface area contributed by atoms with Crippen molar-refractivity contribution in [1.82, 2.24) is 5.32 Å². The van der Waals surface area contributed by atoms with Crippen molar-refractivity contribution in [3.63, 3.8) is 0 Å². The molecule has 1 saturated heterocycles. The number of ether oxygens (including phenoxy) is 4. The van der Waals surface area contributed by atoms with E-state index in [1.54, 1.807) is 14.2 Å². The standard InChI is InChI=1S/C15H23NO4.ClH/c1-17-13-4-3-5-14(18-2)15(13)20-11-10-19-12-6-8-16-9-7-12;/h3-5,12,16H,6-11H2,1-2H3;1H. The smallest absolute Gasteiger partial charge is 0.203 e. The maximum Gasteiger partial charge on any atom is 0.203 e. The van der Waals surface area contributed by atoms with Gasteiger partial charge in [0.05, 0.1) is 26.9 Å². The van der Waals surface area contributed by atoms with E-state index in [-0.39, 0.29) is 12.4 Å². The Morgan fingerprint density at radius 3 is 2.24 bits per heavy atom. The first-order chi connectivity index (χ1) is 9.85. The summed E-state index contributed by atoms with van der Waals surface area (Å²) in [7, 11) is 3.24. The minimum absolute atomic E-state index is 0. The molecule has 1 fully saturated rings. The second-order valence-electron chi connectivity index (χ2n) is 4.66. The summed E-state index contributed by atoms with van der Waals surface area (Å²) < 4.78 is 22.1. The molecule has 2 rings (SSSR count). The zero-order valence-corrected chi connectivity index (χ0v) is 13.4. The number of hydrogen-bond donors (Lipinski definition) is 1. The summed E-state index contributed by atoms with van der Waals surface area (Å²) in [5, 5.41) is 3.32. The second kappa shape index (κ2) is 9.71. The third kappa shape index (κ3) is 5.26. The molecule has 120 valence electrons. The average molecular weight is 318 g/mol. The van der Waals surface area contributed by atoms with Crippen molar-refractivity contribution in [2.24, 2.45) is 0 Å². The molecule has 0 aromatic heterocycles. The number of piperidine rings is 1. The lowest BCUT2D eigenvalue weighted by Crippen LogP contribution is -2.33. The summed E-state index contributed by atoms with van der Waals surface area (Å²) in [4.78, 5) is 0. The number of halogens is 1. The van der Waals surface area contributed by atoms with Crippen molar-refractivity contribution >= 4 is 12.4 Å². The Morgan fingerprint density at radius 2 is 1.67 bits per heavy atom. The Morgan fingerprint density at radius 1 is 1.05 bits per heavy atom. The van der Waals surface area contributed by atoms with Gasteiger partial charge in [0, 0.05) is 0 Å². The Kier molecular flexibility index (Phi) is 8.27. The van der Waals surface area contributed by atoms with Crippen LogP contribution < -0.4 is 19.5 Å². The number of benzene rings is 1. The fourth-order valence-corrected chi connectivity index (χ4v) is 2.28. The monoisotopic (exact) mass is 317 g/mol. The van der Waals surface area contributed by atoms with Crippen LogP contribution in [-0.4, -0.2) is 46.6 Å². The molecule has 0 unspecified atom stereocenters. The van der Waals surface area contributed by atoms with Gasteiger partial charge in [-0.2, -0.15) is 0 Å². The van der Waals surface area contributed by atoms with Gasteiger partial charge in [0.1, 0.15) is 6.61 Å². The van der Waals surface area contributed by atoms with Gasteiger partial charge in [0.2, 0.25) is 5.75 Å². The van der Waals surface area contributed by atoms with Crippen LogP contribution in [0.3, 0.4) is 0 Å². The third-order valence-corrected chi connectivity index (χ3v) is 3.35. The summed E-state index contributed by atoms with van der Waals surface area (Å²) in [5.74, 6) is 1.98. The van der Waals surface area contributed by atoms with Gasteiger partial charge in [-0.3, -0.25) is 0 Å². The topological polar surface area (TPSA) is 49.0 Å². The summed E-state index contributed by atoms with van der Waals surface area (Å²) in [6, 6.07) is 5.58. The molecule has 0 atom stereocenters. The minimum Gasteiger partial charge on any atom is -0.493 e. The number of nitrogens with one attached hydrogen (secondary N) is 1. The first-order valence-corrected chi connectivity index (χ1v) is 7.01. The lowest BCUT2D eigenvalue weighted by atomic mass is 10.1. The number of para-hydroxylation sites is 1. The molecule has 1 aromatic carbocycles. The van der Waals surface area contributed by atoms with Gasteiger partial charge < -0.3 is 24.3 Å². The highest BCUT2D eigenvalue weighted by molar-refractivity contribution is 5.85. The zero-order chi connectivity index (χ0) is 14.2. The first-order valence-electron chi connectivity index (χ1n) is 7.01. The Labute approximate surface area is 132 Å². The maximum atomic E-state index is 5.81. The highest BCUT2D eigenvalue weighted by atomic mass is 35.5.